The molecule has 0 saturated carbocycles. The molecular weight excluding hydrogens is 529 g/mol. The molecule has 31 heavy (non-hydrogen) atoms. The molecule has 1 saturated heterocycles. The molecule has 1 unspecified atom stereocenters. The zero-order valence-electron chi connectivity index (χ0n) is 17.0. The van der Waals surface area contributed by atoms with Gasteiger partial charge in [-0.3, -0.25) is 4.99 Å². The summed E-state index contributed by atoms with van der Waals surface area (Å²) >= 11 is 0. The maximum absolute atomic E-state index is 13.9. The maximum atomic E-state index is 13.9. The van der Waals surface area contributed by atoms with E-state index in [0.29, 0.717) is 25.5 Å². The lowest BCUT2D eigenvalue weighted by Crippen LogP contribution is -2.44. The van der Waals surface area contributed by atoms with Gasteiger partial charge in [0, 0.05) is 38.9 Å². The molecule has 0 aliphatic carbocycles. The third-order valence-corrected chi connectivity index (χ3v) is 4.86. The normalized spacial score (nSPS) is 16.6. The maximum Gasteiger partial charge on any atom is 0.416 e. The molecule has 11 heteroatoms. The van der Waals surface area contributed by atoms with Crippen LogP contribution in [-0.4, -0.2) is 44.2 Å². The van der Waals surface area contributed by atoms with Crippen LogP contribution in [0, 0.1) is 5.82 Å². The van der Waals surface area contributed by atoms with E-state index in [-0.39, 0.29) is 59.5 Å². The highest BCUT2D eigenvalue weighted by Gasteiger charge is 2.34. The van der Waals surface area contributed by atoms with Gasteiger partial charge in [-0.1, -0.05) is 6.07 Å². The molecule has 6 nitrogen and oxygen atoms in total. The van der Waals surface area contributed by atoms with Gasteiger partial charge in [0.15, 0.2) is 17.6 Å². The standard InChI is InChI=1S/C20H23F4N5O.HI/c1-25-19(27-11-13-5-6-15(30-2)10-16(13)20(22,23)24)28-14-7-9-29(12-14)18-17(21)4-3-8-26-18;/h3-6,8,10,14H,7,9,11-12H2,1-2H3,(H2,25,27,28);1H. The molecule has 2 aromatic rings. The quantitative estimate of drug-likeness (QED) is 0.256. The lowest BCUT2D eigenvalue weighted by Gasteiger charge is -2.20. The van der Waals surface area contributed by atoms with Gasteiger partial charge in [0.25, 0.3) is 0 Å². The predicted molar refractivity (Wildman–Crippen MR) is 122 cm³/mol. The van der Waals surface area contributed by atoms with Crippen molar-refractivity contribution in [1.29, 1.82) is 0 Å². The summed E-state index contributed by atoms with van der Waals surface area (Å²) in [7, 11) is 2.86. The second kappa shape index (κ2) is 10.8. The van der Waals surface area contributed by atoms with Crippen LogP contribution in [0.25, 0.3) is 0 Å². The van der Waals surface area contributed by atoms with E-state index in [1.807, 2.05) is 4.90 Å². The smallest absolute Gasteiger partial charge is 0.416 e. The van der Waals surface area contributed by atoms with Crippen LogP contribution in [0.2, 0.25) is 0 Å². The Hall–Kier alpha value is -2.31. The molecule has 1 aliphatic heterocycles. The summed E-state index contributed by atoms with van der Waals surface area (Å²) in [6.45, 7) is 1.05. The Bertz CT molecular complexity index is 909. The number of benzene rings is 1. The average molecular weight is 553 g/mol. The Morgan fingerprint density at radius 2 is 2.10 bits per heavy atom. The molecular formula is C20H24F4IN5O. The highest BCUT2D eigenvalue weighted by molar-refractivity contribution is 14.0. The number of aliphatic imine (C=N–C) groups is 1. The number of nitrogens with zero attached hydrogens (tertiary/aromatic N) is 3. The summed E-state index contributed by atoms with van der Waals surface area (Å²) in [5.41, 5.74) is -0.683. The first kappa shape index (κ1) is 25.0. The van der Waals surface area contributed by atoms with Crippen molar-refractivity contribution in [3.05, 3.63) is 53.5 Å². The number of halogens is 5. The first-order valence-electron chi connectivity index (χ1n) is 9.38. The Labute approximate surface area is 195 Å². The first-order valence-corrected chi connectivity index (χ1v) is 9.38. The van der Waals surface area contributed by atoms with Crippen molar-refractivity contribution in [2.75, 3.05) is 32.1 Å². The van der Waals surface area contributed by atoms with Gasteiger partial charge in [0.2, 0.25) is 0 Å². The molecule has 1 fully saturated rings. The summed E-state index contributed by atoms with van der Waals surface area (Å²) in [4.78, 5) is 9.99. The number of alkyl halides is 3. The predicted octanol–water partition coefficient (Wildman–Crippen LogP) is 3.81. The van der Waals surface area contributed by atoms with Crippen LogP contribution in [0.5, 0.6) is 5.75 Å². The van der Waals surface area contributed by atoms with Gasteiger partial charge >= 0.3 is 6.18 Å². The number of methoxy groups -OCH3 is 1. The second-order valence-corrected chi connectivity index (χ2v) is 6.83. The summed E-state index contributed by atoms with van der Waals surface area (Å²) in [5, 5.41) is 6.10. The topological polar surface area (TPSA) is 61.8 Å². The molecule has 1 aromatic heterocycles. The van der Waals surface area contributed by atoms with Crippen molar-refractivity contribution < 1.29 is 22.3 Å². The van der Waals surface area contributed by atoms with Gasteiger partial charge in [-0.15, -0.1) is 24.0 Å². The molecule has 1 aliphatic rings. The third kappa shape index (κ3) is 6.34. The van der Waals surface area contributed by atoms with E-state index in [2.05, 4.69) is 20.6 Å². The van der Waals surface area contributed by atoms with Crippen molar-refractivity contribution in [3.8, 4) is 5.75 Å². The molecule has 170 valence electrons. The van der Waals surface area contributed by atoms with Crippen LogP contribution in [0.3, 0.4) is 0 Å². The van der Waals surface area contributed by atoms with Crippen molar-refractivity contribution in [3.63, 3.8) is 0 Å². The van der Waals surface area contributed by atoms with Crippen molar-refractivity contribution >= 4 is 35.8 Å². The Balaban J connectivity index is 0.00000341. The fourth-order valence-electron chi connectivity index (χ4n) is 3.35. The number of nitrogens with one attached hydrogen (secondary N) is 2. The Morgan fingerprint density at radius 3 is 2.74 bits per heavy atom. The monoisotopic (exact) mass is 553 g/mol. The van der Waals surface area contributed by atoms with E-state index in [4.69, 9.17) is 4.74 Å². The van der Waals surface area contributed by atoms with E-state index in [9.17, 15) is 17.6 Å². The molecule has 0 amide bonds. The Kier molecular flexibility index (Phi) is 8.71. The summed E-state index contributed by atoms with van der Waals surface area (Å²) in [6.07, 6.45) is -2.25. The molecule has 0 spiro atoms. The number of hydrogen-bond donors (Lipinski definition) is 2. The Morgan fingerprint density at radius 1 is 1.32 bits per heavy atom. The fraction of sp³-hybridized carbons (Fsp3) is 0.400. The number of aromatic nitrogens is 1. The van der Waals surface area contributed by atoms with E-state index >= 15 is 0 Å². The zero-order valence-corrected chi connectivity index (χ0v) is 19.4. The first-order chi connectivity index (χ1) is 14.3. The number of ether oxygens (including phenoxy) is 1. The number of guanidine groups is 1. The van der Waals surface area contributed by atoms with Gasteiger partial charge in [-0.25, -0.2) is 9.37 Å². The average Bonchev–Trinajstić information content (AvgIpc) is 3.19. The largest absolute Gasteiger partial charge is 0.497 e. The molecule has 2 heterocycles. The molecule has 1 aromatic carbocycles. The minimum absolute atomic E-state index is 0. The van der Waals surface area contributed by atoms with Crippen LogP contribution in [0.15, 0.2) is 41.5 Å². The van der Waals surface area contributed by atoms with Crippen molar-refractivity contribution in [2.45, 2.75) is 25.2 Å². The van der Waals surface area contributed by atoms with E-state index in [1.165, 1.54) is 37.6 Å². The number of hydrogen-bond acceptors (Lipinski definition) is 4. The van der Waals surface area contributed by atoms with Crippen LogP contribution < -0.4 is 20.3 Å². The van der Waals surface area contributed by atoms with Crippen molar-refractivity contribution in [1.82, 2.24) is 15.6 Å². The summed E-state index contributed by atoms with van der Waals surface area (Å²) < 4.78 is 58.9. The van der Waals surface area contributed by atoms with E-state index in [0.717, 1.165) is 6.07 Å². The minimum Gasteiger partial charge on any atom is -0.497 e. The van der Waals surface area contributed by atoms with Gasteiger partial charge in [0.1, 0.15) is 5.75 Å². The highest BCUT2D eigenvalue weighted by atomic mass is 127. The summed E-state index contributed by atoms with van der Waals surface area (Å²) in [5.74, 6) is 0.409. The number of pyridine rings is 1. The second-order valence-electron chi connectivity index (χ2n) is 6.83. The van der Waals surface area contributed by atoms with Crippen LogP contribution in [0.4, 0.5) is 23.4 Å². The molecule has 0 bridgehead atoms. The minimum atomic E-state index is -4.50. The molecule has 3 rings (SSSR count). The number of anilines is 1. The van der Waals surface area contributed by atoms with Gasteiger partial charge < -0.3 is 20.3 Å². The highest BCUT2D eigenvalue weighted by Crippen LogP contribution is 2.34. The van der Waals surface area contributed by atoms with Crippen molar-refractivity contribution in [2.24, 2.45) is 4.99 Å². The van der Waals surface area contributed by atoms with Gasteiger partial charge in [-0.2, -0.15) is 13.2 Å². The molecule has 2 N–H and O–H groups in total. The van der Waals surface area contributed by atoms with Crippen LogP contribution in [0.1, 0.15) is 17.5 Å². The SMILES string of the molecule is CN=C(NCc1ccc(OC)cc1C(F)(F)F)NC1CCN(c2ncccc2F)C1.I. The third-order valence-electron chi connectivity index (χ3n) is 4.86. The van der Waals surface area contributed by atoms with Crippen LogP contribution in [-0.2, 0) is 12.7 Å². The molecule has 0 radical (unpaired) electrons. The van der Waals surface area contributed by atoms with Crippen LogP contribution >= 0.6 is 24.0 Å². The fourth-order valence-corrected chi connectivity index (χ4v) is 3.35. The van der Waals surface area contributed by atoms with Gasteiger partial charge in [-0.05, 0) is 36.2 Å². The lowest BCUT2D eigenvalue weighted by molar-refractivity contribution is -0.138. The van der Waals surface area contributed by atoms with E-state index in [1.54, 1.807) is 7.05 Å². The zero-order chi connectivity index (χ0) is 21.7. The summed E-state index contributed by atoms with van der Waals surface area (Å²) in [6, 6.07) is 6.68. The molecule has 1 atom stereocenters. The van der Waals surface area contributed by atoms with E-state index < -0.39 is 11.7 Å². The lowest BCUT2D eigenvalue weighted by atomic mass is 10.1. The number of rotatable bonds is 5. The van der Waals surface area contributed by atoms with Gasteiger partial charge in [0.05, 0.1) is 12.7 Å².